The topological polar surface area (TPSA) is 38.8 Å². The minimum atomic E-state index is -0.446. The van der Waals surface area contributed by atoms with Crippen molar-refractivity contribution < 1.29 is 14.3 Å². The summed E-state index contributed by atoms with van der Waals surface area (Å²) in [5.41, 5.74) is 1.89. The Kier molecular flexibility index (Phi) is 4.84. The number of benzene rings is 1. The van der Waals surface area contributed by atoms with E-state index in [0.29, 0.717) is 6.61 Å². The number of hydrogen-bond donors (Lipinski definition) is 0. The summed E-state index contributed by atoms with van der Waals surface area (Å²) in [5, 5.41) is 0. The summed E-state index contributed by atoms with van der Waals surface area (Å²) in [6, 6.07) is 8.83. The first kappa shape index (κ1) is 18.2. The van der Waals surface area contributed by atoms with Crippen molar-refractivity contribution in [3.05, 3.63) is 35.4 Å². The first-order chi connectivity index (χ1) is 11.7. The first-order valence-corrected chi connectivity index (χ1v) is 9.37. The molecule has 2 atom stereocenters. The van der Waals surface area contributed by atoms with Crippen LogP contribution in [-0.2, 0) is 16.1 Å². The Bertz CT molecular complexity index is 620. The molecule has 138 valence electrons. The van der Waals surface area contributed by atoms with Crippen LogP contribution in [0.15, 0.2) is 24.3 Å². The molecule has 2 saturated heterocycles. The minimum Gasteiger partial charge on any atom is -0.444 e. The number of hydrogen-bond acceptors (Lipinski definition) is 3. The molecule has 0 aromatic heterocycles. The van der Waals surface area contributed by atoms with Crippen LogP contribution in [0.4, 0.5) is 4.79 Å². The third-order valence-corrected chi connectivity index (χ3v) is 5.40. The highest BCUT2D eigenvalue weighted by atomic mass is 16.6. The molecule has 1 aromatic rings. The Labute approximate surface area is 151 Å². The molecule has 0 saturated carbocycles. The van der Waals surface area contributed by atoms with E-state index in [4.69, 9.17) is 9.47 Å². The highest BCUT2D eigenvalue weighted by Gasteiger charge is 2.49. The van der Waals surface area contributed by atoms with Crippen LogP contribution in [-0.4, -0.2) is 34.3 Å². The Morgan fingerprint density at radius 1 is 1.20 bits per heavy atom. The van der Waals surface area contributed by atoms with Crippen molar-refractivity contribution in [3.8, 4) is 0 Å². The Morgan fingerprint density at radius 2 is 1.80 bits per heavy atom. The molecule has 0 N–H and O–H groups in total. The monoisotopic (exact) mass is 345 g/mol. The maximum absolute atomic E-state index is 12.6. The second kappa shape index (κ2) is 6.64. The molecule has 4 heteroatoms. The van der Waals surface area contributed by atoms with Crippen LogP contribution in [0.25, 0.3) is 0 Å². The Balaban J connectivity index is 1.64. The fourth-order valence-corrected chi connectivity index (χ4v) is 4.20. The van der Waals surface area contributed by atoms with Gasteiger partial charge in [0.25, 0.3) is 0 Å². The fourth-order valence-electron chi connectivity index (χ4n) is 4.20. The molecule has 2 aliphatic rings. The normalized spacial score (nSPS) is 28.9. The zero-order chi connectivity index (χ0) is 18.2. The first-order valence-electron chi connectivity index (χ1n) is 9.37. The van der Waals surface area contributed by atoms with Gasteiger partial charge in [0.1, 0.15) is 5.60 Å². The molecule has 1 amide bonds. The zero-order valence-corrected chi connectivity index (χ0v) is 16.2. The number of piperidine rings is 1. The Morgan fingerprint density at radius 3 is 2.36 bits per heavy atom. The number of nitrogens with zero attached hydrogens (tertiary/aromatic N) is 1. The van der Waals surface area contributed by atoms with Gasteiger partial charge in [0.2, 0.25) is 0 Å². The van der Waals surface area contributed by atoms with Crippen LogP contribution in [0.3, 0.4) is 0 Å². The maximum atomic E-state index is 12.6. The zero-order valence-electron chi connectivity index (χ0n) is 16.2. The largest absolute Gasteiger partial charge is 0.444 e. The number of rotatable bonds is 3. The lowest BCUT2D eigenvalue weighted by atomic mass is 9.87. The number of fused-ring (bicyclic) bond motifs is 2. The van der Waals surface area contributed by atoms with Gasteiger partial charge in [-0.2, -0.15) is 0 Å². The summed E-state index contributed by atoms with van der Waals surface area (Å²) in [5.74, 6) is 0. The minimum absolute atomic E-state index is 0.166. The second-order valence-electron chi connectivity index (χ2n) is 8.85. The van der Waals surface area contributed by atoms with Gasteiger partial charge in [0, 0.05) is 12.1 Å². The molecule has 25 heavy (non-hydrogen) atoms. The van der Waals surface area contributed by atoms with E-state index >= 15 is 0 Å². The van der Waals surface area contributed by atoms with Crippen molar-refractivity contribution in [1.29, 1.82) is 0 Å². The van der Waals surface area contributed by atoms with Crippen molar-refractivity contribution in [3.63, 3.8) is 0 Å². The lowest BCUT2D eigenvalue weighted by molar-refractivity contribution is -0.100. The maximum Gasteiger partial charge on any atom is 0.410 e. The van der Waals surface area contributed by atoms with Crippen LogP contribution in [0, 0.1) is 6.92 Å². The summed E-state index contributed by atoms with van der Waals surface area (Å²) < 4.78 is 12.0. The van der Waals surface area contributed by atoms with E-state index in [1.54, 1.807) is 0 Å². The molecule has 2 fully saturated rings. The van der Waals surface area contributed by atoms with Gasteiger partial charge in [-0.15, -0.1) is 0 Å². The average Bonchev–Trinajstić information content (AvgIpc) is 2.78. The highest BCUT2D eigenvalue weighted by Crippen LogP contribution is 2.43. The van der Waals surface area contributed by atoms with Crippen LogP contribution < -0.4 is 0 Å². The lowest BCUT2D eigenvalue weighted by Gasteiger charge is -2.44. The van der Waals surface area contributed by atoms with E-state index in [1.165, 1.54) is 11.1 Å². The quantitative estimate of drug-likeness (QED) is 0.787. The molecule has 2 unspecified atom stereocenters. The standard InChI is InChI=1S/C21H31NO3/c1-15-8-6-7-9-16(15)14-24-21(5)12-17-10-11-18(13-21)22(17)19(23)25-20(2,3)4/h6-9,17-18H,10-14H2,1-5H3. The average molecular weight is 345 g/mol. The molecule has 3 rings (SSSR count). The molecule has 4 nitrogen and oxygen atoms in total. The molecule has 0 radical (unpaired) electrons. The molecular formula is C21H31NO3. The van der Waals surface area contributed by atoms with Crippen LogP contribution in [0.2, 0.25) is 0 Å². The predicted octanol–water partition coefficient (Wildman–Crippen LogP) is 4.83. The molecule has 1 aromatic carbocycles. The second-order valence-corrected chi connectivity index (χ2v) is 8.85. The van der Waals surface area contributed by atoms with Crippen molar-refractivity contribution in [2.75, 3.05) is 0 Å². The molecule has 2 bridgehead atoms. The third kappa shape index (κ3) is 4.17. The van der Waals surface area contributed by atoms with Crippen molar-refractivity contribution in [1.82, 2.24) is 4.90 Å². The van der Waals surface area contributed by atoms with Gasteiger partial charge in [0.15, 0.2) is 0 Å². The lowest BCUT2D eigenvalue weighted by Crippen LogP contribution is -2.54. The number of carbonyl (C=O) groups excluding carboxylic acids is 1. The molecule has 0 spiro atoms. The summed E-state index contributed by atoms with van der Waals surface area (Å²) in [4.78, 5) is 14.5. The molecule has 0 aliphatic carbocycles. The summed E-state index contributed by atoms with van der Waals surface area (Å²) in [7, 11) is 0. The van der Waals surface area contributed by atoms with Crippen molar-refractivity contribution in [2.45, 2.75) is 90.2 Å². The van der Waals surface area contributed by atoms with Gasteiger partial charge in [-0.25, -0.2) is 4.79 Å². The summed E-state index contributed by atoms with van der Waals surface area (Å²) in [6.07, 6.45) is 3.70. The van der Waals surface area contributed by atoms with Crippen LogP contribution in [0.5, 0.6) is 0 Å². The van der Waals surface area contributed by atoms with Gasteiger partial charge < -0.3 is 14.4 Å². The van der Waals surface area contributed by atoms with Gasteiger partial charge in [0.05, 0.1) is 12.2 Å². The highest BCUT2D eigenvalue weighted by molar-refractivity contribution is 5.69. The van der Waals surface area contributed by atoms with Gasteiger partial charge in [-0.1, -0.05) is 24.3 Å². The summed E-state index contributed by atoms with van der Waals surface area (Å²) in [6.45, 7) is 10.7. The SMILES string of the molecule is Cc1ccccc1COC1(C)CC2CCC(C1)N2C(=O)OC(C)(C)C. The number of aryl methyl sites for hydroxylation is 1. The van der Waals surface area contributed by atoms with Crippen molar-refractivity contribution >= 4 is 6.09 Å². The van der Waals surface area contributed by atoms with Gasteiger partial charge in [-0.3, -0.25) is 0 Å². The predicted molar refractivity (Wildman–Crippen MR) is 98.5 cm³/mol. The van der Waals surface area contributed by atoms with Gasteiger partial charge in [-0.05, 0) is 71.4 Å². The van der Waals surface area contributed by atoms with E-state index in [2.05, 4.69) is 38.1 Å². The van der Waals surface area contributed by atoms with Gasteiger partial charge >= 0.3 is 6.09 Å². The van der Waals surface area contributed by atoms with E-state index in [0.717, 1.165) is 25.7 Å². The number of carbonyl (C=O) groups is 1. The van der Waals surface area contributed by atoms with E-state index < -0.39 is 5.60 Å². The number of ether oxygens (including phenoxy) is 2. The number of amides is 1. The van der Waals surface area contributed by atoms with E-state index in [-0.39, 0.29) is 23.8 Å². The van der Waals surface area contributed by atoms with Crippen molar-refractivity contribution in [2.24, 2.45) is 0 Å². The smallest absolute Gasteiger partial charge is 0.410 e. The Hall–Kier alpha value is -1.55. The third-order valence-electron chi connectivity index (χ3n) is 5.40. The van der Waals surface area contributed by atoms with E-state index in [1.807, 2.05) is 25.7 Å². The molecular weight excluding hydrogens is 314 g/mol. The molecule has 2 aliphatic heterocycles. The van der Waals surface area contributed by atoms with Crippen LogP contribution in [0.1, 0.15) is 64.5 Å². The summed E-state index contributed by atoms with van der Waals surface area (Å²) >= 11 is 0. The van der Waals surface area contributed by atoms with E-state index in [9.17, 15) is 4.79 Å². The fraction of sp³-hybridized carbons (Fsp3) is 0.667. The molecule has 2 heterocycles. The van der Waals surface area contributed by atoms with Crippen LogP contribution >= 0.6 is 0 Å².